The molecule has 0 aliphatic heterocycles. The fourth-order valence-electron chi connectivity index (χ4n) is 0.778. The molecule has 0 N–H and O–H groups in total. The van der Waals surface area contributed by atoms with Gasteiger partial charge in [0.25, 0.3) is 0 Å². The third-order valence-electron chi connectivity index (χ3n) is 1.32. The molecule has 0 fully saturated rings. The molecule has 0 nitrogen and oxygen atoms in total. The smallest absolute Gasteiger partial charge is 0.0163 e. The second-order valence-corrected chi connectivity index (χ2v) is 2.25. The van der Waals surface area contributed by atoms with Crippen LogP contribution >= 0.6 is 0 Å². The molecule has 0 amide bonds. The van der Waals surface area contributed by atoms with Crippen LogP contribution in [0, 0.1) is 0 Å². The van der Waals surface area contributed by atoms with E-state index in [-0.39, 0.29) is 0 Å². The van der Waals surface area contributed by atoms with E-state index < -0.39 is 0 Å². The van der Waals surface area contributed by atoms with Gasteiger partial charge < -0.3 is 0 Å². The van der Waals surface area contributed by atoms with Gasteiger partial charge in [0, 0.05) is 0 Å². The first kappa shape index (κ1) is 7.80. The molecule has 0 heterocycles. The third kappa shape index (κ3) is 4.15. The van der Waals surface area contributed by atoms with E-state index in [4.69, 9.17) is 0 Å². The highest BCUT2D eigenvalue weighted by Crippen LogP contribution is 1.90. The zero-order valence-electron chi connectivity index (χ0n) is 6.48. The summed E-state index contributed by atoms with van der Waals surface area (Å²) in [6.07, 6.45) is 21.5. The summed E-state index contributed by atoms with van der Waals surface area (Å²) < 4.78 is 0. The Bertz CT molecular complexity index is 200. The standard InChI is InChI=1S/C11H12/c1-2-4-6-8-10-11-9-7-5-3-1/h1-10H,11H2/b2-1-,5-3-,6-4-,9-7-,10-8?. The van der Waals surface area contributed by atoms with Gasteiger partial charge in [0.15, 0.2) is 0 Å². The van der Waals surface area contributed by atoms with Gasteiger partial charge in [-0.25, -0.2) is 0 Å². The highest BCUT2D eigenvalue weighted by molar-refractivity contribution is 5.19. The zero-order valence-corrected chi connectivity index (χ0v) is 6.48. The maximum absolute atomic E-state index is 2.12. The van der Waals surface area contributed by atoms with Gasteiger partial charge in [-0.3, -0.25) is 0 Å². The molecule has 0 radical (unpaired) electrons. The van der Waals surface area contributed by atoms with E-state index in [0.717, 1.165) is 6.42 Å². The Labute approximate surface area is 67.9 Å². The predicted molar refractivity (Wildman–Crippen MR) is 50.3 cm³/mol. The zero-order chi connectivity index (χ0) is 7.78. The van der Waals surface area contributed by atoms with Gasteiger partial charge in [-0.2, -0.15) is 0 Å². The SMILES string of the molecule is C1=CC\C=C/C=C\C=C/C=C\1. The topological polar surface area (TPSA) is 0 Å². The molecule has 0 aromatic heterocycles. The minimum atomic E-state index is 1.01. The summed E-state index contributed by atoms with van der Waals surface area (Å²) in [7, 11) is 0. The summed E-state index contributed by atoms with van der Waals surface area (Å²) in [6.45, 7) is 0. The van der Waals surface area contributed by atoms with Crippen LogP contribution in [0.3, 0.4) is 0 Å². The maximum Gasteiger partial charge on any atom is -0.0163 e. The number of hydrogen-bond acceptors (Lipinski definition) is 0. The van der Waals surface area contributed by atoms with E-state index >= 15 is 0 Å². The van der Waals surface area contributed by atoms with Gasteiger partial charge in [0.2, 0.25) is 0 Å². The lowest BCUT2D eigenvalue weighted by Crippen LogP contribution is -1.55. The molecule has 0 aromatic carbocycles. The Morgan fingerprint density at radius 1 is 0.455 bits per heavy atom. The first-order chi connectivity index (χ1) is 5.50. The molecule has 1 aliphatic rings. The van der Waals surface area contributed by atoms with E-state index in [1.807, 2.05) is 36.5 Å². The normalized spacial score (nSPS) is 28.4. The molecule has 0 unspecified atom stereocenters. The fraction of sp³-hybridized carbons (Fsp3) is 0.0909. The molecule has 0 saturated carbocycles. The maximum atomic E-state index is 2.12. The molecule has 0 atom stereocenters. The predicted octanol–water partition coefficient (Wildman–Crippen LogP) is 3.17. The van der Waals surface area contributed by atoms with Crippen molar-refractivity contribution in [3.05, 3.63) is 60.8 Å². The van der Waals surface area contributed by atoms with Crippen LogP contribution in [-0.4, -0.2) is 0 Å². The average molecular weight is 144 g/mol. The highest BCUT2D eigenvalue weighted by Gasteiger charge is 1.69. The largest absolute Gasteiger partial charge is 0.0807 e. The monoisotopic (exact) mass is 144 g/mol. The van der Waals surface area contributed by atoms with E-state index in [1.165, 1.54) is 0 Å². The molecule has 0 spiro atoms. The Balaban J connectivity index is 2.61. The molecule has 0 heteroatoms. The van der Waals surface area contributed by atoms with E-state index in [9.17, 15) is 0 Å². The lowest BCUT2D eigenvalue weighted by Gasteiger charge is -1.76. The minimum Gasteiger partial charge on any atom is -0.0807 e. The summed E-state index contributed by atoms with van der Waals surface area (Å²) in [5, 5.41) is 0. The average Bonchev–Trinajstić information content (AvgIpc) is 2.08. The molecule has 56 valence electrons. The van der Waals surface area contributed by atoms with Crippen molar-refractivity contribution in [3.8, 4) is 0 Å². The van der Waals surface area contributed by atoms with Crippen LogP contribution in [0.15, 0.2) is 60.8 Å². The Morgan fingerprint density at radius 3 is 1.27 bits per heavy atom. The van der Waals surface area contributed by atoms with Crippen molar-refractivity contribution in [2.75, 3.05) is 0 Å². The van der Waals surface area contributed by atoms with Crippen molar-refractivity contribution in [2.24, 2.45) is 0 Å². The van der Waals surface area contributed by atoms with Gasteiger partial charge in [-0.1, -0.05) is 60.8 Å². The second kappa shape index (κ2) is 5.48. The summed E-state index contributed by atoms with van der Waals surface area (Å²) in [6, 6.07) is 0. The van der Waals surface area contributed by atoms with Gasteiger partial charge in [0.05, 0.1) is 0 Å². The van der Waals surface area contributed by atoms with E-state index in [0.29, 0.717) is 0 Å². The molecule has 1 aliphatic carbocycles. The second-order valence-electron chi connectivity index (χ2n) is 2.25. The molecular formula is C11H12. The lowest BCUT2D eigenvalue weighted by molar-refractivity contribution is 1.39. The molecule has 1 rings (SSSR count). The first-order valence-electron chi connectivity index (χ1n) is 3.82. The van der Waals surface area contributed by atoms with E-state index in [2.05, 4.69) is 24.3 Å². The molecule has 0 bridgehead atoms. The van der Waals surface area contributed by atoms with Crippen molar-refractivity contribution >= 4 is 0 Å². The number of hydrogen-bond donors (Lipinski definition) is 0. The summed E-state index contributed by atoms with van der Waals surface area (Å²) in [5.74, 6) is 0. The Morgan fingerprint density at radius 2 is 0.818 bits per heavy atom. The van der Waals surface area contributed by atoms with Crippen LogP contribution in [0.25, 0.3) is 0 Å². The van der Waals surface area contributed by atoms with Crippen LogP contribution < -0.4 is 0 Å². The molecular weight excluding hydrogens is 132 g/mol. The summed E-state index contributed by atoms with van der Waals surface area (Å²) in [5.41, 5.74) is 0. The van der Waals surface area contributed by atoms with Crippen LogP contribution in [0.4, 0.5) is 0 Å². The molecule has 0 aromatic rings. The van der Waals surface area contributed by atoms with Gasteiger partial charge in [-0.15, -0.1) is 0 Å². The molecule has 11 heavy (non-hydrogen) atoms. The van der Waals surface area contributed by atoms with Crippen LogP contribution in [0.2, 0.25) is 0 Å². The van der Waals surface area contributed by atoms with Crippen LogP contribution in [-0.2, 0) is 0 Å². The summed E-state index contributed by atoms with van der Waals surface area (Å²) in [4.78, 5) is 0. The van der Waals surface area contributed by atoms with Gasteiger partial charge in [0.1, 0.15) is 0 Å². The van der Waals surface area contributed by atoms with Crippen LogP contribution in [0.1, 0.15) is 6.42 Å². The Kier molecular flexibility index (Phi) is 3.89. The van der Waals surface area contributed by atoms with Gasteiger partial charge in [-0.05, 0) is 6.42 Å². The lowest BCUT2D eigenvalue weighted by atomic mass is 10.3. The highest BCUT2D eigenvalue weighted by atomic mass is 13.8. The summed E-state index contributed by atoms with van der Waals surface area (Å²) >= 11 is 0. The third-order valence-corrected chi connectivity index (χ3v) is 1.32. The van der Waals surface area contributed by atoms with Crippen molar-refractivity contribution in [1.82, 2.24) is 0 Å². The number of allylic oxidation sites excluding steroid dienone is 10. The minimum absolute atomic E-state index is 1.01. The van der Waals surface area contributed by atoms with Crippen molar-refractivity contribution in [1.29, 1.82) is 0 Å². The van der Waals surface area contributed by atoms with Gasteiger partial charge >= 0.3 is 0 Å². The van der Waals surface area contributed by atoms with Crippen molar-refractivity contribution < 1.29 is 0 Å². The van der Waals surface area contributed by atoms with Crippen molar-refractivity contribution in [3.63, 3.8) is 0 Å². The quantitative estimate of drug-likeness (QED) is 0.490. The van der Waals surface area contributed by atoms with E-state index in [1.54, 1.807) is 0 Å². The number of rotatable bonds is 0. The first-order valence-corrected chi connectivity index (χ1v) is 3.82. The molecule has 0 saturated heterocycles. The Hall–Kier alpha value is -1.30. The van der Waals surface area contributed by atoms with Crippen LogP contribution in [0.5, 0.6) is 0 Å². The van der Waals surface area contributed by atoms with Crippen molar-refractivity contribution in [2.45, 2.75) is 6.42 Å². The fourth-order valence-corrected chi connectivity index (χ4v) is 0.778.